The Balaban J connectivity index is 1.87. The minimum absolute atomic E-state index is 0.0103. The van der Waals surface area contributed by atoms with E-state index in [2.05, 4.69) is 12.2 Å². The van der Waals surface area contributed by atoms with Crippen LogP contribution in [-0.4, -0.2) is 25.1 Å². The van der Waals surface area contributed by atoms with Crippen molar-refractivity contribution in [2.24, 2.45) is 0 Å². The molecule has 3 atom stereocenters. The van der Waals surface area contributed by atoms with Gasteiger partial charge in [-0.1, -0.05) is 42.8 Å². The second kappa shape index (κ2) is 8.01. The highest BCUT2D eigenvalue weighted by Crippen LogP contribution is 2.40. The van der Waals surface area contributed by atoms with Crippen LogP contribution in [0.25, 0.3) is 0 Å². The minimum Gasteiger partial charge on any atom is -0.489 e. The number of halogens is 1. The molecule has 0 aliphatic carbocycles. The second-order valence-electron chi connectivity index (χ2n) is 6.69. The normalized spacial score (nSPS) is 19.0. The zero-order valence-electron chi connectivity index (χ0n) is 15.5. The van der Waals surface area contributed by atoms with Crippen molar-refractivity contribution in [1.29, 1.82) is 0 Å². The molecule has 5 nitrogen and oxygen atoms in total. The molecule has 1 heterocycles. The van der Waals surface area contributed by atoms with Crippen LogP contribution in [0.4, 0.5) is 0 Å². The van der Waals surface area contributed by atoms with Gasteiger partial charge in [0.25, 0.3) is 5.91 Å². The van der Waals surface area contributed by atoms with Crippen LogP contribution >= 0.6 is 11.6 Å². The molecule has 1 amide bonds. The molecule has 1 aliphatic heterocycles. The molecular formula is C21H22ClNO4. The Kier molecular flexibility index (Phi) is 5.71. The first-order valence-corrected chi connectivity index (χ1v) is 9.21. The largest absolute Gasteiger partial charge is 0.489 e. The van der Waals surface area contributed by atoms with E-state index in [4.69, 9.17) is 21.1 Å². The van der Waals surface area contributed by atoms with Crippen LogP contribution in [0.2, 0.25) is 5.02 Å². The first-order valence-electron chi connectivity index (χ1n) is 8.83. The molecule has 3 rings (SSSR count). The van der Waals surface area contributed by atoms with E-state index in [1.807, 2.05) is 19.1 Å². The van der Waals surface area contributed by atoms with Gasteiger partial charge in [0.15, 0.2) is 0 Å². The van der Waals surface area contributed by atoms with Crippen LogP contribution in [0.15, 0.2) is 42.5 Å². The fourth-order valence-corrected chi connectivity index (χ4v) is 3.32. The molecule has 27 heavy (non-hydrogen) atoms. The number of carbonyl (C=O) groups is 2. The van der Waals surface area contributed by atoms with E-state index in [0.717, 1.165) is 11.1 Å². The number of methoxy groups -OCH3 is 1. The maximum absolute atomic E-state index is 13.0. The Bertz CT molecular complexity index is 850. The number of ether oxygens (including phenoxy) is 2. The van der Waals surface area contributed by atoms with Crippen molar-refractivity contribution in [2.75, 3.05) is 7.11 Å². The van der Waals surface area contributed by atoms with Crippen molar-refractivity contribution in [3.05, 3.63) is 64.2 Å². The molecule has 2 aromatic carbocycles. The molecule has 0 unspecified atom stereocenters. The summed E-state index contributed by atoms with van der Waals surface area (Å²) in [7, 11) is 1.32. The Hall–Kier alpha value is -2.53. The number of carbonyl (C=O) groups excluding carboxylic acids is 2. The number of amides is 1. The summed E-state index contributed by atoms with van der Waals surface area (Å²) in [5.74, 6) is 0.127. The van der Waals surface area contributed by atoms with Crippen molar-refractivity contribution < 1.29 is 19.1 Å². The van der Waals surface area contributed by atoms with Crippen molar-refractivity contribution in [1.82, 2.24) is 5.32 Å². The number of esters is 1. The zero-order valence-corrected chi connectivity index (χ0v) is 16.2. The van der Waals surface area contributed by atoms with Gasteiger partial charge in [0.2, 0.25) is 0 Å². The first kappa shape index (κ1) is 19.2. The summed E-state index contributed by atoms with van der Waals surface area (Å²) in [6.45, 7) is 4.06. The lowest BCUT2D eigenvalue weighted by molar-refractivity contribution is -0.141. The SMILES string of the molecule is COC(=O)C[C@H](NC(=O)c1cccc2c1O[C@@H](C)[C@@H]2C)c1ccc(Cl)cc1. The minimum atomic E-state index is -0.533. The van der Waals surface area contributed by atoms with Crippen LogP contribution in [0.1, 0.15) is 53.7 Å². The van der Waals surface area contributed by atoms with Gasteiger partial charge >= 0.3 is 5.97 Å². The number of benzene rings is 2. The predicted octanol–water partition coefficient (Wildman–Crippen LogP) is 4.26. The fraction of sp³-hybridized carbons (Fsp3) is 0.333. The van der Waals surface area contributed by atoms with Gasteiger partial charge in [0, 0.05) is 16.5 Å². The molecule has 2 aromatic rings. The molecule has 0 spiro atoms. The number of rotatable bonds is 5. The quantitative estimate of drug-likeness (QED) is 0.778. The third-order valence-corrected chi connectivity index (χ3v) is 5.22. The lowest BCUT2D eigenvalue weighted by atomic mass is 9.96. The summed E-state index contributed by atoms with van der Waals surface area (Å²) in [5, 5.41) is 3.51. The average molecular weight is 388 g/mol. The molecule has 0 saturated carbocycles. The summed E-state index contributed by atoms with van der Waals surface area (Å²) in [4.78, 5) is 24.8. The summed E-state index contributed by atoms with van der Waals surface area (Å²) < 4.78 is 10.7. The lowest BCUT2D eigenvalue weighted by Crippen LogP contribution is -2.30. The van der Waals surface area contributed by atoms with Gasteiger partial charge in [-0.25, -0.2) is 0 Å². The highest BCUT2D eigenvalue weighted by Gasteiger charge is 2.31. The average Bonchev–Trinajstić information content (AvgIpc) is 2.96. The highest BCUT2D eigenvalue weighted by molar-refractivity contribution is 6.30. The number of para-hydroxylation sites is 1. The topological polar surface area (TPSA) is 64.6 Å². The molecule has 0 radical (unpaired) electrons. The molecule has 1 aliphatic rings. The van der Waals surface area contributed by atoms with Crippen LogP contribution in [0.3, 0.4) is 0 Å². The Morgan fingerprint density at radius 3 is 2.56 bits per heavy atom. The van der Waals surface area contributed by atoms with E-state index in [9.17, 15) is 9.59 Å². The van der Waals surface area contributed by atoms with E-state index in [-0.39, 0.29) is 24.3 Å². The van der Waals surface area contributed by atoms with Crippen molar-refractivity contribution in [3.63, 3.8) is 0 Å². The van der Waals surface area contributed by atoms with Crippen LogP contribution < -0.4 is 10.1 Å². The van der Waals surface area contributed by atoms with Gasteiger partial charge in [-0.3, -0.25) is 9.59 Å². The van der Waals surface area contributed by atoms with Crippen LogP contribution in [0, 0.1) is 0 Å². The predicted molar refractivity (Wildman–Crippen MR) is 103 cm³/mol. The molecular weight excluding hydrogens is 366 g/mol. The maximum atomic E-state index is 13.0. The number of fused-ring (bicyclic) bond motifs is 1. The summed E-state index contributed by atoms with van der Waals surface area (Å²) in [5.41, 5.74) is 2.26. The van der Waals surface area contributed by atoms with Crippen molar-refractivity contribution in [2.45, 2.75) is 38.3 Å². The fourth-order valence-electron chi connectivity index (χ4n) is 3.20. The summed E-state index contributed by atoms with van der Waals surface area (Å²) in [6, 6.07) is 12.0. The Labute approximate surface area is 163 Å². The molecule has 6 heteroatoms. The molecule has 0 bridgehead atoms. The molecule has 142 valence electrons. The van der Waals surface area contributed by atoms with E-state index < -0.39 is 12.0 Å². The van der Waals surface area contributed by atoms with Gasteiger partial charge in [-0.15, -0.1) is 0 Å². The number of nitrogens with one attached hydrogen (secondary N) is 1. The molecule has 0 aromatic heterocycles. The monoisotopic (exact) mass is 387 g/mol. The van der Waals surface area contributed by atoms with Gasteiger partial charge in [-0.2, -0.15) is 0 Å². The summed E-state index contributed by atoms with van der Waals surface area (Å²) >= 11 is 5.95. The third-order valence-electron chi connectivity index (χ3n) is 4.96. The summed E-state index contributed by atoms with van der Waals surface area (Å²) in [6.07, 6.45) is 0.0307. The van der Waals surface area contributed by atoms with E-state index in [0.29, 0.717) is 16.3 Å². The molecule has 0 saturated heterocycles. The van der Waals surface area contributed by atoms with Gasteiger partial charge in [0.1, 0.15) is 11.9 Å². The Morgan fingerprint density at radius 2 is 1.89 bits per heavy atom. The first-order chi connectivity index (χ1) is 12.9. The lowest BCUT2D eigenvalue weighted by Gasteiger charge is -2.19. The maximum Gasteiger partial charge on any atom is 0.307 e. The second-order valence-corrected chi connectivity index (χ2v) is 7.13. The van der Waals surface area contributed by atoms with Crippen molar-refractivity contribution >= 4 is 23.5 Å². The van der Waals surface area contributed by atoms with Crippen LogP contribution in [0.5, 0.6) is 5.75 Å². The van der Waals surface area contributed by atoms with Crippen LogP contribution in [-0.2, 0) is 9.53 Å². The van der Waals surface area contributed by atoms with Gasteiger partial charge < -0.3 is 14.8 Å². The van der Waals surface area contributed by atoms with Crippen molar-refractivity contribution in [3.8, 4) is 5.75 Å². The Morgan fingerprint density at radius 1 is 1.19 bits per heavy atom. The van der Waals surface area contributed by atoms with E-state index in [1.54, 1.807) is 30.3 Å². The van der Waals surface area contributed by atoms with E-state index in [1.165, 1.54) is 7.11 Å². The number of hydrogen-bond donors (Lipinski definition) is 1. The smallest absolute Gasteiger partial charge is 0.307 e. The molecule has 1 N–H and O–H groups in total. The zero-order chi connectivity index (χ0) is 19.6. The van der Waals surface area contributed by atoms with Gasteiger partial charge in [0.05, 0.1) is 25.1 Å². The molecule has 0 fully saturated rings. The standard InChI is InChI=1S/C21H22ClNO4/c1-12-13(2)27-20-16(12)5-4-6-17(20)21(25)23-18(11-19(24)26-3)14-7-9-15(22)10-8-14/h4-10,12-13,18H,11H2,1-3H3,(H,23,25)/t12-,13-,18-/m0/s1. The third kappa shape index (κ3) is 4.08. The van der Waals surface area contributed by atoms with Gasteiger partial charge in [-0.05, 0) is 30.7 Å². The number of hydrogen-bond acceptors (Lipinski definition) is 4. The van der Waals surface area contributed by atoms with E-state index >= 15 is 0 Å². The highest BCUT2D eigenvalue weighted by atomic mass is 35.5.